The van der Waals surface area contributed by atoms with Gasteiger partial charge in [0.05, 0.1) is 5.69 Å². The van der Waals surface area contributed by atoms with Crippen molar-refractivity contribution in [2.45, 2.75) is 58.8 Å². The molecule has 0 bridgehead atoms. The summed E-state index contributed by atoms with van der Waals surface area (Å²) in [5.41, 5.74) is 1.67. The first kappa shape index (κ1) is 20.1. The number of nitrogens with one attached hydrogen (secondary N) is 1. The molecule has 0 aromatic carbocycles. The summed E-state index contributed by atoms with van der Waals surface area (Å²) in [4.78, 5) is 16.7. The van der Waals surface area contributed by atoms with E-state index in [1.165, 1.54) is 0 Å². The predicted molar refractivity (Wildman–Crippen MR) is 101 cm³/mol. The standard InChI is InChI=1S/C19H32N4O/c1-8-9-10-11-12-14(2)13-21-18(24)16-15(20-6)17(19(3,4)5)22-23(16)7/h8,14H,1,6,9-13H2,2-5,7H3,(H,21,24). The Bertz CT molecular complexity index is 581. The van der Waals surface area contributed by atoms with Gasteiger partial charge in [0, 0.05) is 19.0 Å². The average molecular weight is 332 g/mol. The molecule has 1 aromatic rings. The molecule has 0 fully saturated rings. The fourth-order valence-corrected chi connectivity index (χ4v) is 2.66. The molecule has 1 aromatic heterocycles. The van der Waals surface area contributed by atoms with Gasteiger partial charge in [-0.05, 0) is 31.9 Å². The van der Waals surface area contributed by atoms with E-state index in [9.17, 15) is 4.79 Å². The quantitative estimate of drug-likeness (QED) is 0.419. The number of amides is 1. The summed E-state index contributed by atoms with van der Waals surface area (Å²) in [5.74, 6) is 0.301. The molecule has 1 heterocycles. The fourth-order valence-electron chi connectivity index (χ4n) is 2.66. The molecule has 0 saturated heterocycles. The molecule has 1 N–H and O–H groups in total. The second kappa shape index (κ2) is 8.81. The van der Waals surface area contributed by atoms with Crippen LogP contribution in [0.25, 0.3) is 0 Å². The van der Waals surface area contributed by atoms with Gasteiger partial charge in [-0.3, -0.25) is 14.5 Å². The van der Waals surface area contributed by atoms with Crippen LogP contribution in [0.3, 0.4) is 0 Å². The van der Waals surface area contributed by atoms with Gasteiger partial charge in [-0.1, -0.05) is 40.2 Å². The normalized spacial score (nSPS) is 12.7. The minimum absolute atomic E-state index is 0.138. The zero-order chi connectivity index (χ0) is 18.3. The number of carbonyl (C=O) groups excluding carboxylic acids is 1. The van der Waals surface area contributed by atoms with Crippen molar-refractivity contribution < 1.29 is 4.79 Å². The van der Waals surface area contributed by atoms with Gasteiger partial charge < -0.3 is 5.32 Å². The molecule has 0 aliphatic heterocycles. The molecule has 1 unspecified atom stereocenters. The first-order valence-electron chi connectivity index (χ1n) is 8.65. The first-order valence-corrected chi connectivity index (χ1v) is 8.65. The lowest BCUT2D eigenvalue weighted by Crippen LogP contribution is -2.30. The molecule has 5 heteroatoms. The number of carbonyl (C=O) groups is 1. The second-order valence-corrected chi connectivity index (χ2v) is 7.47. The highest BCUT2D eigenvalue weighted by Gasteiger charge is 2.28. The second-order valence-electron chi connectivity index (χ2n) is 7.47. The predicted octanol–water partition coefficient (Wildman–Crippen LogP) is 4.16. The van der Waals surface area contributed by atoms with Gasteiger partial charge in [-0.25, -0.2) is 0 Å². The first-order chi connectivity index (χ1) is 11.2. The van der Waals surface area contributed by atoms with Crippen molar-refractivity contribution in [3.8, 4) is 0 Å². The third-order valence-electron chi connectivity index (χ3n) is 4.07. The van der Waals surface area contributed by atoms with E-state index in [0.29, 0.717) is 23.8 Å². The van der Waals surface area contributed by atoms with Crippen LogP contribution in [0.2, 0.25) is 0 Å². The number of unbranched alkanes of at least 4 members (excludes halogenated alkanes) is 2. The van der Waals surface area contributed by atoms with E-state index in [1.54, 1.807) is 11.7 Å². The monoisotopic (exact) mass is 332 g/mol. The Labute approximate surface area is 146 Å². The molecule has 0 radical (unpaired) electrons. The lowest BCUT2D eigenvalue weighted by atomic mass is 9.91. The topological polar surface area (TPSA) is 59.3 Å². The maximum Gasteiger partial charge on any atom is 0.271 e. The van der Waals surface area contributed by atoms with Crippen molar-refractivity contribution in [1.82, 2.24) is 15.1 Å². The molecule has 134 valence electrons. The van der Waals surface area contributed by atoms with Crippen molar-refractivity contribution >= 4 is 18.3 Å². The molecular weight excluding hydrogens is 300 g/mol. The van der Waals surface area contributed by atoms with E-state index >= 15 is 0 Å². The molecular formula is C19H32N4O. The number of aryl methyl sites for hydroxylation is 1. The van der Waals surface area contributed by atoms with Crippen LogP contribution >= 0.6 is 0 Å². The van der Waals surface area contributed by atoms with E-state index in [4.69, 9.17) is 0 Å². The van der Waals surface area contributed by atoms with Crippen LogP contribution in [0.1, 0.15) is 69.6 Å². The van der Waals surface area contributed by atoms with E-state index < -0.39 is 0 Å². The number of hydrogen-bond donors (Lipinski definition) is 1. The van der Waals surface area contributed by atoms with Gasteiger partial charge in [0.1, 0.15) is 5.69 Å². The molecule has 0 aliphatic rings. The van der Waals surface area contributed by atoms with Crippen molar-refractivity contribution in [3.05, 3.63) is 24.0 Å². The van der Waals surface area contributed by atoms with Crippen LogP contribution < -0.4 is 5.32 Å². The third-order valence-corrected chi connectivity index (χ3v) is 4.07. The minimum atomic E-state index is -0.189. The lowest BCUT2D eigenvalue weighted by Gasteiger charge is -2.16. The van der Waals surface area contributed by atoms with E-state index in [0.717, 1.165) is 31.4 Å². The van der Waals surface area contributed by atoms with Crippen molar-refractivity contribution in [1.29, 1.82) is 0 Å². The Hall–Kier alpha value is -1.91. The van der Waals surface area contributed by atoms with Crippen LogP contribution in [0.4, 0.5) is 5.69 Å². The highest BCUT2D eigenvalue weighted by molar-refractivity contribution is 5.98. The zero-order valence-electron chi connectivity index (χ0n) is 15.9. The summed E-state index contributed by atoms with van der Waals surface area (Å²) in [6.07, 6.45) is 6.41. The summed E-state index contributed by atoms with van der Waals surface area (Å²) < 4.78 is 1.61. The molecule has 0 aliphatic carbocycles. The van der Waals surface area contributed by atoms with E-state index in [1.807, 2.05) is 6.08 Å². The van der Waals surface area contributed by atoms with Crippen molar-refractivity contribution in [3.63, 3.8) is 0 Å². The molecule has 0 spiro atoms. The van der Waals surface area contributed by atoms with E-state index in [-0.39, 0.29) is 11.3 Å². The van der Waals surface area contributed by atoms with Gasteiger partial charge in [-0.15, -0.1) is 6.58 Å². The number of hydrogen-bond acceptors (Lipinski definition) is 3. The van der Waals surface area contributed by atoms with Crippen LogP contribution in [0.15, 0.2) is 17.6 Å². The molecule has 1 amide bonds. The highest BCUT2D eigenvalue weighted by atomic mass is 16.2. The van der Waals surface area contributed by atoms with Gasteiger partial charge >= 0.3 is 0 Å². The van der Waals surface area contributed by atoms with E-state index in [2.05, 4.69) is 56.4 Å². The van der Waals surface area contributed by atoms with Gasteiger partial charge in [0.2, 0.25) is 0 Å². The Morgan fingerprint density at radius 3 is 2.62 bits per heavy atom. The molecule has 0 saturated carbocycles. The largest absolute Gasteiger partial charge is 0.350 e. The number of rotatable bonds is 9. The maximum atomic E-state index is 12.6. The molecule has 1 rings (SSSR count). The van der Waals surface area contributed by atoms with Crippen molar-refractivity contribution in [2.24, 2.45) is 18.0 Å². The number of allylic oxidation sites excluding steroid dienone is 1. The smallest absolute Gasteiger partial charge is 0.271 e. The maximum absolute atomic E-state index is 12.6. The van der Waals surface area contributed by atoms with Gasteiger partial charge in [-0.2, -0.15) is 5.10 Å². The Morgan fingerprint density at radius 1 is 1.42 bits per heavy atom. The average Bonchev–Trinajstić information content (AvgIpc) is 2.86. The Kier molecular flexibility index (Phi) is 7.39. The van der Waals surface area contributed by atoms with Crippen LogP contribution in [-0.2, 0) is 12.5 Å². The number of nitrogens with zero attached hydrogens (tertiary/aromatic N) is 3. The molecule has 24 heavy (non-hydrogen) atoms. The Morgan fingerprint density at radius 2 is 2.08 bits per heavy atom. The number of aliphatic imine (C=N–C) groups is 1. The van der Waals surface area contributed by atoms with Crippen LogP contribution in [-0.4, -0.2) is 28.9 Å². The number of aromatic nitrogens is 2. The summed E-state index contributed by atoms with van der Waals surface area (Å²) in [7, 11) is 1.78. The third kappa shape index (κ3) is 5.32. The summed E-state index contributed by atoms with van der Waals surface area (Å²) in [6, 6.07) is 0. The highest BCUT2D eigenvalue weighted by Crippen LogP contribution is 2.33. The summed E-state index contributed by atoms with van der Waals surface area (Å²) in [5, 5.41) is 7.50. The van der Waals surface area contributed by atoms with Gasteiger partial charge in [0.25, 0.3) is 5.91 Å². The molecule has 1 atom stereocenters. The minimum Gasteiger partial charge on any atom is -0.350 e. The Balaban J connectivity index is 2.73. The van der Waals surface area contributed by atoms with Gasteiger partial charge in [0.15, 0.2) is 5.69 Å². The van der Waals surface area contributed by atoms with Crippen molar-refractivity contribution in [2.75, 3.05) is 6.54 Å². The lowest BCUT2D eigenvalue weighted by molar-refractivity contribution is 0.0938. The molecule has 5 nitrogen and oxygen atoms in total. The fraction of sp³-hybridized carbons (Fsp3) is 0.632. The van der Waals surface area contributed by atoms with Crippen LogP contribution in [0, 0.1) is 5.92 Å². The summed E-state index contributed by atoms with van der Waals surface area (Å²) in [6.45, 7) is 16.3. The summed E-state index contributed by atoms with van der Waals surface area (Å²) >= 11 is 0. The van der Waals surface area contributed by atoms with Crippen LogP contribution in [0.5, 0.6) is 0 Å². The SMILES string of the molecule is C=CCCCCC(C)CNC(=O)c1c(N=C)c(C(C)(C)C)nn1C. The zero-order valence-corrected chi connectivity index (χ0v) is 15.9.